The van der Waals surface area contributed by atoms with E-state index >= 15 is 0 Å². The molecule has 0 radical (unpaired) electrons. The molecular weight excluding hydrogens is 309 g/mol. The van der Waals surface area contributed by atoms with Crippen molar-refractivity contribution in [3.63, 3.8) is 0 Å². The van der Waals surface area contributed by atoms with Gasteiger partial charge in [0.25, 0.3) is 0 Å². The smallest absolute Gasteiger partial charge is 0.165 e. The maximum atomic E-state index is 13.9. The van der Waals surface area contributed by atoms with Crippen LogP contribution in [-0.4, -0.2) is 27.9 Å². The Bertz CT molecular complexity index is 733. The van der Waals surface area contributed by atoms with Crippen molar-refractivity contribution < 1.29 is 18.6 Å². The molecule has 1 heterocycles. The van der Waals surface area contributed by atoms with Crippen molar-refractivity contribution in [2.45, 2.75) is 18.9 Å². The zero-order chi connectivity index (χ0) is 17.1. The van der Waals surface area contributed by atoms with E-state index < -0.39 is 0 Å². The average Bonchev–Trinajstić information content (AvgIpc) is 2.61. The van der Waals surface area contributed by atoms with E-state index in [0.29, 0.717) is 12.2 Å². The quantitative estimate of drug-likeness (QED) is 0.913. The summed E-state index contributed by atoms with van der Waals surface area (Å²) in [5, 5.41) is 3.51. The third-order valence-electron chi connectivity index (χ3n) is 4.46. The van der Waals surface area contributed by atoms with E-state index in [0.717, 1.165) is 24.3 Å². The Hall–Kier alpha value is -2.27. The predicted molar refractivity (Wildman–Crippen MR) is 90.6 cm³/mol. The van der Waals surface area contributed by atoms with E-state index in [2.05, 4.69) is 5.32 Å². The number of nitrogens with one attached hydrogen (secondary N) is 1. The molecule has 1 aliphatic rings. The molecular formula is C19H22FNO3. The highest BCUT2D eigenvalue weighted by molar-refractivity contribution is 5.49. The first-order valence-corrected chi connectivity index (χ1v) is 7.97. The number of rotatable bonds is 5. The van der Waals surface area contributed by atoms with Gasteiger partial charge in [-0.1, -0.05) is 6.07 Å². The lowest BCUT2D eigenvalue weighted by Gasteiger charge is -2.28. The molecule has 1 unspecified atom stereocenters. The Balaban J connectivity index is 1.90. The number of benzene rings is 2. The summed E-state index contributed by atoms with van der Waals surface area (Å²) in [6.45, 7) is 0.881. The molecule has 3 rings (SSSR count). The molecule has 0 fully saturated rings. The summed E-state index contributed by atoms with van der Waals surface area (Å²) >= 11 is 0. The third kappa shape index (κ3) is 3.17. The number of halogens is 1. The first kappa shape index (κ1) is 16.6. The standard InChI is InChI=1S/C19H22FNO3/c1-22-17-5-4-12(8-15(17)20)9-16-14-11-19(24-3)18(23-2)10-13(14)6-7-21-16/h4-5,8,10-11,16,21H,6-7,9H2,1-3H3. The fourth-order valence-corrected chi connectivity index (χ4v) is 3.22. The van der Waals surface area contributed by atoms with Crippen molar-refractivity contribution in [1.82, 2.24) is 5.32 Å². The molecule has 0 aromatic heterocycles. The van der Waals surface area contributed by atoms with Crippen LogP contribution >= 0.6 is 0 Å². The lowest BCUT2D eigenvalue weighted by molar-refractivity contribution is 0.352. The van der Waals surface area contributed by atoms with Crippen LogP contribution in [0.4, 0.5) is 4.39 Å². The molecule has 1 aliphatic heterocycles. The van der Waals surface area contributed by atoms with Gasteiger partial charge in [-0.25, -0.2) is 4.39 Å². The normalized spacial score (nSPS) is 16.4. The Labute approximate surface area is 141 Å². The Kier molecular flexibility index (Phi) is 4.90. The lowest BCUT2D eigenvalue weighted by Crippen LogP contribution is -2.31. The topological polar surface area (TPSA) is 39.7 Å². The molecule has 0 bridgehead atoms. The van der Waals surface area contributed by atoms with Gasteiger partial charge < -0.3 is 19.5 Å². The molecule has 128 valence electrons. The van der Waals surface area contributed by atoms with Gasteiger partial charge in [0.05, 0.1) is 21.3 Å². The summed E-state index contributed by atoms with van der Waals surface area (Å²) in [4.78, 5) is 0. The van der Waals surface area contributed by atoms with E-state index in [9.17, 15) is 4.39 Å². The van der Waals surface area contributed by atoms with Crippen molar-refractivity contribution in [2.75, 3.05) is 27.9 Å². The third-order valence-corrected chi connectivity index (χ3v) is 4.46. The second kappa shape index (κ2) is 7.09. The van der Waals surface area contributed by atoms with E-state index in [1.54, 1.807) is 20.3 Å². The molecule has 0 saturated heterocycles. The summed E-state index contributed by atoms with van der Waals surface area (Å²) in [6.07, 6.45) is 1.63. The summed E-state index contributed by atoms with van der Waals surface area (Å²) in [5.41, 5.74) is 3.34. The molecule has 2 aromatic rings. The molecule has 1 N–H and O–H groups in total. The van der Waals surface area contributed by atoms with Crippen molar-refractivity contribution in [2.24, 2.45) is 0 Å². The van der Waals surface area contributed by atoms with E-state index in [1.807, 2.05) is 18.2 Å². The SMILES string of the molecule is COc1ccc(CC2NCCc3cc(OC)c(OC)cc32)cc1F. The molecule has 4 nitrogen and oxygen atoms in total. The molecule has 2 aromatic carbocycles. The molecule has 0 saturated carbocycles. The number of methoxy groups -OCH3 is 3. The van der Waals surface area contributed by atoms with Gasteiger partial charge in [0.15, 0.2) is 23.1 Å². The zero-order valence-electron chi connectivity index (χ0n) is 14.2. The fourth-order valence-electron chi connectivity index (χ4n) is 3.22. The first-order chi connectivity index (χ1) is 11.7. The number of fused-ring (bicyclic) bond motifs is 1. The first-order valence-electron chi connectivity index (χ1n) is 7.97. The Morgan fingerprint density at radius 1 is 1.00 bits per heavy atom. The number of ether oxygens (including phenoxy) is 3. The summed E-state index contributed by atoms with van der Waals surface area (Å²) in [6, 6.07) is 9.28. The number of hydrogen-bond donors (Lipinski definition) is 1. The van der Waals surface area contributed by atoms with Gasteiger partial charge in [0.2, 0.25) is 0 Å². The van der Waals surface area contributed by atoms with Crippen molar-refractivity contribution in [3.8, 4) is 17.2 Å². The maximum Gasteiger partial charge on any atom is 0.165 e. The zero-order valence-corrected chi connectivity index (χ0v) is 14.2. The molecule has 24 heavy (non-hydrogen) atoms. The summed E-state index contributed by atoms with van der Waals surface area (Å²) < 4.78 is 29.7. The average molecular weight is 331 g/mol. The van der Waals surface area contributed by atoms with Crippen LogP contribution in [0, 0.1) is 5.82 Å². The highest BCUT2D eigenvalue weighted by Gasteiger charge is 2.23. The second-order valence-electron chi connectivity index (χ2n) is 5.84. The van der Waals surface area contributed by atoms with Crippen LogP contribution in [0.25, 0.3) is 0 Å². The molecule has 1 atom stereocenters. The van der Waals surface area contributed by atoms with Crippen LogP contribution in [-0.2, 0) is 12.8 Å². The minimum atomic E-state index is -0.335. The van der Waals surface area contributed by atoms with Gasteiger partial charge in [0.1, 0.15) is 0 Å². The van der Waals surface area contributed by atoms with E-state index in [4.69, 9.17) is 14.2 Å². The molecule has 0 amide bonds. The van der Waals surface area contributed by atoms with Crippen LogP contribution in [0.5, 0.6) is 17.2 Å². The van der Waals surface area contributed by atoms with Crippen molar-refractivity contribution in [3.05, 3.63) is 52.8 Å². The van der Waals surface area contributed by atoms with Crippen LogP contribution in [0.2, 0.25) is 0 Å². The van der Waals surface area contributed by atoms with E-state index in [-0.39, 0.29) is 17.6 Å². The second-order valence-corrected chi connectivity index (χ2v) is 5.84. The van der Waals surface area contributed by atoms with Gasteiger partial charge in [-0.15, -0.1) is 0 Å². The Morgan fingerprint density at radius 2 is 1.71 bits per heavy atom. The fraction of sp³-hybridized carbons (Fsp3) is 0.368. The largest absolute Gasteiger partial charge is 0.494 e. The Morgan fingerprint density at radius 3 is 2.38 bits per heavy atom. The van der Waals surface area contributed by atoms with E-state index in [1.165, 1.54) is 24.3 Å². The molecule has 0 spiro atoms. The van der Waals surface area contributed by atoms with Crippen LogP contribution in [0.15, 0.2) is 30.3 Å². The summed E-state index contributed by atoms with van der Waals surface area (Å²) in [5.74, 6) is 1.39. The monoisotopic (exact) mass is 331 g/mol. The number of hydrogen-bond acceptors (Lipinski definition) is 4. The van der Waals surface area contributed by atoms with Gasteiger partial charge in [-0.05, 0) is 60.3 Å². The van der Waals surface area contributed by atoms with Crippen LogP contribution < -0.4 is 19.5 Å². The van der Waals surface area contributed by atoms with Gasteiger partial charge in [0, 0.05) is 6.04 Å². The summed E-state index contributed by atoms with van der Waals surface area (Å²) in [7, 11) is 4.74. The minimum Gasteiger partial charge on any atom is -0.494 e. The molecule has 0 aliphatic carbocycles. The highest BCUT2D eigenvalue weighted by Crippen LogP contribution is 2.36. The molecule has 5 heteroatoms. The van der Waals surface area contributed by atoms with Gasteiger partial charge in [-0.2, -0.15) is 0 Å². The van der Waals surface area contributed by atoms with Gasteiger partial charge in [-0.3, -0.25) is 0 Å². The van der Waals surface area contributed by atoms with Crippen LogP contribution in [0.3, 0.4) is 0 Å². The lowest BCUT2D eigenvalue weighted by atomic mass is 9.90. The van der Waals surface area contributed by atoms with Crippen molar-refractivity contribution >= 4 is 0 Å². The maximum absolute atomic E-state index is 13.9. The highest BCUT2D eigenvalue weighted by atomic mass is 19.1. The minimum absolute atomic E-state index is 0.112. The van der Waals surface area contributed by atoms with Crippen LogP contribution in [0.1, 0.15) is 22.7 Å². The van der Waals surface area contributed by atoms with Crippen molar-refractivity contribution in [1.29, 1.82) is 0 Å². The van der Waals surface area contributed by atoms with Gasteiger partial charge >= 0.3 is 0 Å². The predicted octanol–water partition coefficient (Wildman–Crippen LogP) is 3.28.